The second kappa shape index (κ2) is 9.58. The first-order valence-corrected chi connectivity index (χ1v) is 7.77. The zero-order chi connectivity index (χ0) is 15.2. The molecule has 0 saturated heterocycles. The van der Waals surface area contributed by atoms with Crippen molar-refractivity contribution < 1.29 is 5.11 Å². The molecule has 5 nitrogen and oxygen atoms in total. The van der Waals surface area contributed by atoms with E-state index >= 15 is 0 Å². The Balaban J connectivity index is 0.00000400. The Morgan fingerprint density at radius 1 is 1.52 bits per heavy atom. The van der Waals surface area contributed by atoms with E-state index in [9.17, 15) is 5.11 Å². The van der Waals surface area contributed by atoms with E-state index in [0.717, 1.165) is 29.8 Å². The Hall–Kier alpha value is -0.410. The number of aryl methyl sites for hydroxylation is 1. The van der Waals surface area contributed by atoms with Crippen LogP contribution in [0.2, 0.25) is 0 Å². The van der Waals surface area contributed by atoms with Gasteiger partial charge >= 0.3 is 0 Å². The van der Waals surface area contributed by atoms with Crippen LogP contribution in [0.25, 0.3) is 0 Å². The second-order valence-electron chi connectivity index (χ2n) is 5.71. The minimum absolute atomic E-state index is 0. The zero-order valence-corrected chi connectivity index (χ0v) is 16.7. The first kappa shape index (κ1) is 20.6. The highest BCUT2D eigenvalue weighted by Crippen LogP contribution is 2.14. The molecule has 0 aliphatic heterocycles. The highest BCUT2D eigenvalue weighted by atomic mass is 127. The number of halogens is 1. The lowest BCUT2D eigenvalue weighted by Crippen LogP contribution is -2.39. The number of rotatable bonds is 6. The summed E-state index contributed by atoms with van der Waals surface area (Å²) in [6.45, 7) is 10.3. The molecule has 0 amide bonds. The fourth-order valence-corrected chi connectivity index (χ4v) is 2.21. The first-order chi connectivity index (χ1) is 9.38. The summed E-state index contributed by atoms with van der Waals surface area (Å²) in [6, 6.07) is 0. The Morgan fingerprint density at radius 2 is 2.19 bits per heavy atom. The van der Waals surface area contributed by atoms with Crippen LogP contribution in [0.1, 0.15) is 31.5 Å². The van der Waals surface area contributed by atoms with Crippen molar-refractivity contribution in [3.63, 3.8) is 0 Å². The van der Waals surface area contributed by atoms with Crippen LogP contribution in [0.5, 0.6) is 0 Å². The van der Waals surface area contributed by atoms with E-state index in [1.54, 1.807) is 11.3 Å². The number of aromatic nitrogens is 1. The summed E-state index contributed by atoms with van der Waals surface area (Å²) in [5.41, 5.74) is 0.862. The van der Waals surface area contributed by atoms with Crippen LogP contribution in [0.3, 0.4) is 0 Å². The lowest BCUT2D eigenvalue weighted by atomic mass is 9.95. The molecule has 0 aromatic carbocycles. The van der Waals surface area contributed by atoms with Crippen LogP contribution >= 0.6 is 35.3 Å². The monoisotopic (exact) mass is 426 g/mol. The molecular weight excluding hydrogens is 399 g/mol. The Labute approximate surface area is 148 Å². The maximum atomic E-state index is 9.30. The van der Waals surface area contributed by atoms with E-state index in [1.165, 1.54) is 0 Å². The number of thiazole rings is 1. The molecule has 1 aromatic heterocycles. The number of aliphatic imine (C=N–C) groups is 1. The van der Waals surface area contributed by atoms with Gasteiger partial charge in [-0.1, -0.05) is 13.8 Å². The molecule has 0 fully saturated rings. The molecule has 7 heteroatoms. The van der Waals surface area contributed by atoms with Crippen molar-refractivity contribution in [2.75, 3.05) is 26.7 Å². The SMILES string of the molecule is CCNC(=NCC(C)(C)CO)N(C)Cc1csc(C)n1.I. The van der Waals surface area contributed by atoms with Crippen molar-refractivity contribution in [3.8, 4) is 0 Å². The summed E-state index contributed by atoms with van der Waals surface area (Å²) in [5, 5.41) is 15.7. The van der Waals surface area contributed by atoms with Crippen LogP contribution in [0.4, 0.5) is 0 Å². The van der Waals surface area contributed by atoms with Gasteiger partial charge in [-0.2, -0.15) is 0 Å². The molecule has 0 radical (unpaired) electrons. The normalized spacial score (nSPS) is 12.0. The lowest BCUT2D eigenvalue weighted by molar-refractivity contribution is 0.167. The minimum Gasteiger partial charge on any atom is -0.396 e. The predicted octanol–water partition coefficient (Wildman–Crippen LogP) is 2.49. The number of aliphatic hydroxyl groups is 1. The highest BCUT2D eigenvalue weighted by Gasteiger charge is 2.17. The maximum Gasteiger partial charge on any atom is 0.194 e. The summed E-state index contributed by atoms with van der Waals surface area (Å²) in [4.78, 5) is 11.1. The average molecular weight is 426 g/mol. The van der Waals surface area contributed by atoms with E-state index in [2.05, 4.69) is 25.6 Å². The fourth-order valence-electron chi connectivity index (χ4n) is 1.61. The summed E-state index contributed by atoms with van der Waals surface area (Å²) in [7, 11) is 2.00. The molecule has 1 rings (SSSR count). The van der Waals surface area contributed by atoms with Gasteiger partial charge in [-0.05, 0) is 13.8 Å². The van der Waals surface area contributed by atoms with Gasteiger partial charge in [-0.15, -0.1) is 35.3 Å². The van der Waals surface area contributed by atoms with Crippen molar-refractivity contribution in [1.82, 2.24) is 15.2 Å². The van der Waals surface area contributed by atoms with Crippen LogP contribution < -0.4 is 5.32 Å². The minimum atomic E-state index is -0.196. The summed E-state index contributed by atoms with van der Waals surface area (Å²) < 4.78 is 0. The van der Waals surface area contributed by atoms with Crippen molar-refractivity contribution in [2.24, 2.45) is 10.4 Å². The largest absolute Gasteiger partial charge is 0.396 e. The van der Waals surface area contributed by atoms with Crippen molar-refractivity contribution >= 4 is 41.3 Å². The van der Waals surface area contributed by atoms with E-state index in [1.807, 2.05) is 34.7 Å². The van der Waals surface area contributed by atoms with Gasteiger partial charge in [0.15, 0.2) is 5.96 Å². The zero-order valence-electron chi connectivity index (χ0n) is 13.5. The molecular formula is C14H27IN4OS. The van der Waals surface area contributed by atoms with E-state index in [0.29, 0.717) is 6.54 Å². The van der Waals surface area contributed by atoms with Crippen molar-refractivity contribution in [2.45, 2.75) is 34.2 Å². The predicted molar refractivity (Wildman–Crippen MR) is 101 cm³/mol. The first-order valence-electron chi connectivity index (χ1n) is 6.89. The molecule has 0 saturated carbocycles. The molecule has 0 atom stereocenters. The molecule has 0 bridgehead atoms. The third-order valence-corrected chi connectivity index (χ3v) is 3.67. The van der Waals surface area contributed by atoms with Gasteiger partial charge in [0.25, 0.3) is 0 Å². The summed E-state index contributed by atoms with van der Waals surface area (Å²) in [6.07, 6.45) is 0. The highest BCUT2D eigenvalue weighted by molar-refractivity contribution is 14.0. The quantitative estimate of drug-likeness (QED) is 0.417. The van der Waals surface area contributed by atoms with E-state index in [-0.39, 0.29) is 36.0 Å². The van der Waals surface area contributed by atoms with Crippen LogP contribution in [0.15, 0.2) is 10.4 Å². The van der Waals surface area contributed by atoms with E-state index < -0.39 is 0 Å². The Bertz CT molecular complexity index is 448. The van der Waals surface area contributed by atoms with Gasteiger partial charge in [-0.3, -0.25) is 4.99 Å². The summed E-state index contributed by atoms with van der Waals surface area (Å²) >= 11 is 1.66. The molecule has 1 aromatic rings. The smallest absolute Gasteiger partial charge is 0.194 e. The summed E-state index contributed by atoms with van der Waals surface area (Å²) in [5.74, 6) is 0.847. The molecule has 0 spiro atoms. The Morgan fingerprint density at radius 3 is 2.67 bits per heavy atom. The van der Waals surface area contributed by atoms with E-state index in [4.69, 9.17) is 0 Å². The van der Waals surface area contributed by atoms with Crippen LogP contribution in [-0.4, -0.2) is 47.7 Å². The second-order valence-corrected chi connectivity index (χ2v) is 6.77. The number of aliphatic hydroxyl groups excluding tert-OH is 1. The maximum absolute atomic E-state index is 9.30. The molecule has 0 aliphatic carbocycles. The average Bonchev–Trinajstić information content (AvgIpc) is 2.79. The fraction of sp³-hybridized carbons (Fsp3) is 0.714. The number of nitrogens with one attached hydrogen (secondary N) is 1. The third kappa shape index (κ3) is 7.42. The van der Waals surface area contributed by atoms with Gasteiger partial charge in [0.1, 0.15) is 0 Å². The van der Waals surface area contributed by atoms with Crippen LogP contribution in [-0.2, 0) is 6.54 Å². The van der Waals surface area contributed by atoms with Gasteiger partial charge < -0.3 is 15.3 Å². The number of guanidine groups is 1. The number of hydrogen-bond donors (Lipinski definition) is 2. The van der Waals surface area contributed by atoms with Crippen molar-refractivity contribution in [1.29, 1.82) is 0 Å². The van der Waals surface area contributed by atoms with Gasteiger partial charge in [0, 0.05) is 31.0 Å². The lowest BCUT2D eigenvalue weighted by Gasteiger charge is -2.24. The molecule has 1 heterocycles. The number of hydrogen-bond acceptors (Lipinski definition) is 4. The molecule has 122 valence electrons. The molecule has 0 unspecified atom stereocenters. The topological polar surface area (TPSA) is 60.8 Å². The Kier molecular flexibility index (Phi) is 9.39. The molecule has 21 heavy (non-hydrogen) atoms. The third-order valence-electron chi connectivity index (χ3n) is 2.85. The standard InChI is InChI=1S/C14H26N4OS.HI/c1-6-15-13(16-9-14(3,4)10-19)18(5)7-12-8-20-11(2)17-12;/h8,19H,6-7,9-10H2,1-5H3,(H,15,16);1H. The number of nitrogens with zero attached hydrogens (tertiary/aromatic N) is 3. The molecule has 0 aliphatic rings. The van der Waals surface area contributed by atoms with Gasteiger partial charge in [0.05, 0.1) is 23.8 Å². The molecule has 2 N–H and O–H groups in total. The van der Waals surface area contributed by atoms with Crippen molar-refractivity contribution in [3.05, 3.63) is 16.1 Å². The van der Waals surface area contributed by atoms with Gasteiger partial charge in [0.2, 0.25) is 0 Å². The van der Waals surface area contributed by atoms with Gasteiger partial charge in [-0.25, -0.2) is 4.98 Å². The van der Waals surface area contributed by atoms with Crippen LogP contribution in [0, 0.1) is 12.3 Å².